The van der Waals surface area contributed by atoms with Crippen LogP contribution >= 0.6 is 0 Å². The lowest BCUT2D eigenvalue weighted by Crippen LogP contribution is -2.44. The standard InChI is InChI=1S/C15H19N3O/c19-11-15(8-4-1-5-9-15)17-14-13-7-3-2-6-12(13)10-16-18-14/h2-3,6-7,10,19H,1,4-5,8-9,11H2,(H,17,18). The van der Waals surface area contributed by atoms with Gasteiger partial charge in [0.25, 0.3) is 0 Å². The lowest BCUT2D eigenvalue weighted by molar-refractivity contribution is 0.172. The van der Waals surface area contributed by atoms with Crippen molar-refractivity contribution in [2.75, 3.05) is 11.9 Å². The molecular formula is C15H19N3O. The first-order valence-electron chi connectivity index (χ1n) is 6.92. The number of aromatic nitrogens is 2. The van der Waals surface area contributed by atoms with E-state index in [1.165, 1.54) is 6.42 Å². The quantitative estimate of drug-likeness (QED) is 0.887. The summed E-state index contributed by atoms with van der Waals surface area (Å²) in [6.07, 6.45) is 7.33. The third-order valence-electron chi connectivity index (χ3n) is 4.07. The molecule has 19 heavy (non-hydrogen) atoms. The minimum absolute atomic E-state index is 0.151. The molecule has 0 saturated heterocycles. The molecule has 1 heterocycles. The molecule has 0 radical (unpaired) electrons. The normalized spacial score (nSPS) is 18.4. The number of nitrogens with one attached hydrogen (secondary N) is 1. The Labute approximate surface area is 112 Å². The summed E-state index contributed by atoms with van der Waals surface area (Å²) >= 11 is 0. The summed E-state index contributed by atoms with van der Waals surface area (Å²) in [5, 5.41) is 23.6. The molecular weight excluding hydrogens is 238 g/mol. The molecule has 1 aliphatic rings. The van der Waals surface area contributed by atoms with Crippen LogP contribution in [-0.4, -0.2) is 27.4 Å². The van der Waals surface area contributed by atoms with Gasteiger partial charge in [0, 0.05) is 10.8 Å². The Balaban J connectivity index is 1.96. The lowest BCUT2D eigenvalue weighted by Gasteiger charge is -2.37. The van der Waals surface area contributed by atoms with Crippen molar-refractivity contribution in [3.05, 3.63) is 30.5 Å². The number of aliphatic hydroxyl groups excluding tert-OH is 1. The maximum atomic E-state index is 9.76. The molecule has 1 fully saturated rings. The predicted octanol–water partition coefficient (Wildman–Crippen LogP) is 2.74. The molecule has 1 aromatic carbocycles. The molecule has 0 amide bonds. The highest BCUT2D eigenvalue weighted by molar-refractivity contribution is 5.91. The number of benzene rings is 1. The molecule has 0 aliphatic heterocycles. The molecule has 100 valence electrons. The molecule has 3 rings (SSSR count). The fraction of sp³-hybridized carbons (Fsp3) is 0.467. The van der Waals surface area contributed by atoms with Gasteiger partial charge < -0.3 is 10.4 Å². The van der Waals surface area contributed by atoms with E-state index >= 15 is 0 Å². The largest absolute Gasteiger partial charge is 0.394 e. The summed E-state index contributed by atoms with van der Waals surface area (Å²) in [4.78, 5) is 0. The Bertz CT molecular complexity index is 559. The van der Waals surface area contributed by atoms with Crippen molar-refractivity contribution in [2.24, 2.45) is 0 Å². The van der Waals surface area contributed by atoms with Crippen LogP contribution in [0.25, 0.3) is 10.8 Å². The Morgan fingerprint density at radius 2 is 1.95 bits per heavy atom. The van der Waals surface area contributed by atoms with Crippen molar-refractivity contribution in [1.29, 1.82) is 0 Å². The first-order chi connectivity index (χ1) is 9.33. The summed E-state index contributed by atoms with van der Waals surface area (Å²) < 4.78 is 0. The fourth-order valence-corrected chi connectivity index (χ4v) is 2.92. The van der Waals surface area contributed by atoms with E-state index in [0.717, 1.165) is 42.3 Å². The van der Waals surface area contributed by atoms with Gasteiger partial charge in [0.1, 0.15) is 0 Å². The highest BCUT2D eigenvalue weighted by Gasteiger charge is 2.32. The molecule has 2 aromatic rings. The van der Waals surface area contributed by atoms with Gasteiger partial charge in [0.15, 0.2) is 5.82 Å². The molecule has 4 heteroatoms. The van der Waals surface area contributed by atoms with Gasteiger partial charge in [-0.15, -0.1) is 5.10 Å². The minimum atomic E-state index is -0.225. The SMILES string of the molecule is OCC1(Nc2nncc3ccccc23)CCCCC1. The molecule has 1 saturated carbocycles. The van der Waals surface area contributed by atoms with E-state index in [1.54, 1.807) is 6.20 Å². The average molecular weight is 257 g/mol. The topological polar surface area (TPSA) is 58.0 Å². The molecule has 4 nitrogen and oxygen atoms in total. The first-order valence-corrected chi connectivity index (χ1v) is 6.92. The second kappa shape index (κ2) is 5.13. The van der Waals surface area contributed by atoms with Gasteiger partial charge >= 0.3 is 0 Å². The van der Waals surface area contributed by atoms with E-state index in [9.17, 15) is 5.11 Å². The smallest absolute Gasteiger partial charge is 0.157 e. The van der Waals surface area contributed by atoms with Crippen molar-refractivity contribution < 1.29 is 5.11 Å². The Morgan fingerprint density at radius 1 is 1.16 bits per heavy atom. The minimum Gasteiger partial charge on any atom is -0.394 e. The molecule has 0 spiro atoms. The predicted molar refractivity (Wildman–Crippen MR) is 76.1 cm³/mol. The second-order valence-electron chi connectivity index (χ2n) is 5.40. The molecule has 0 unspecified atom stereocenters. The van der Waals surface area contributed by atoms with Gasteiger partial charge in [-0.25, -0.2) is 0 Å². The highest BCUT2D eigenvalue weighted by Crippen LogP contribution is 2.32. The van der Waals surface area contributed by atoms with Crippen LogP contribution in [0.3, 0.4) is 0 Å². The molecule has 0 bridgehead atoms. The van der Waals surface area contributed by atoms with Crippen LogP contribution in [0.1, 0.15) is 32.1 Å². The monoisotopic (exact) mass is 257 g/mol. The van der Waals surface area contributed by atoms with Gasteiger partial charge in [0.05, 0.1) is 18.3 Å². The fourth-order valence-electron chi connectivity index (χ4n) is 2.92. The van der Waals surface area contributed by atoms with Crippen LogP contribution in [0.5, 0.6) is 0 Å². The first kappa shape index (κ1) is 12.4. The molecule has 1 aromatic heterocycles. The van der Waals surface area contributed by atoms with Crippen molar-refractivity contribution in [2.45, 2.75) is 37.6 Å². The van der Waals surface area contributed by atoms with Crippen LogP contribution in [0, 0.1) is 0 Å². The van der Waals surface area contributed by atoms with E-state index < -0.39 is 0 Å². The van der Waals surface area contributed by atoms with Crippen molar-refractivity contribution in [3.63, 3.8) is 0 Å². The Hall–Kier alpha value is -1.68. The summed E-state index contributed by atoms with van der Waals surface area (Å²) in [5.41, 5.74) is -0.225. The van der Waals surface area contributed by atoms with Crippen molar-refractivity contribution in [3.8, 4) is 0 Å². The average Bonchev–Trinajstić information content (AvgIpc) is 2.49. The third-order valence-corrected chi connectivity index (χ3v) is 4.07. The van der Waals surface area contributed by atoms with Gasteiger partial charge in [-0.3, -0.25) is 0 Å². The van der Waals surface area contributed by atoms with E-state index in [1.807, 2.05) is 24.3 Å². The number of anilines is 1. The van der Waals surface area contributed by atoms with Crippen LogP contribution in [0.2, 0.25) is 0 Å². The number of aliphatic hydroxyl groups is 1. The molecule has 0 atom stereocenters. The van der Waals surface area contributed by atoms with Crippen LogP contribution in [-0.2, 0) is 0 Å². The summed E-state index contributed by atoms with van der Waals surface area (Å²) in [6, 6.07) is 8.07. The zero-order chi connectivity index (χ0) is 13.1. The Morgan fingerprint density at radius 3 is 2.74 bits per heavy atom. The van der Waals surface area contributed by atoms with E-state index in [-0.39, 0.29) is 12.1 Å². The number of hydrogen-bond acceptors (Lipinski definition) is 4. The molecule has 1 aliphatic carbocycles. The highest BCUT2D eigenvalue weighted by atomic mass is 16.3. The van der Waals surface area contributed by atoms with Gasteiger partial charge in [0.2, 0.25) is 0 Å². The van der Waals surface area contributed by atoms with E-state index in [4.69, 9.17) is 0 Å². The van der Waals surface area contributed by atoms with Crippen LogP contribution < -0.4 is 5.32 Å². The second-order valence-corrected chi connectivity index (χ2v) is 5.40. The van der Waals surface area contributed by atoms with Gasteiger partial charge in [-0.2, -0.15) is 5.10 Å². The van der Waals surface area contributed by atoms with Crippen molar-refractivity contribution >= 4 is 16.6 Å². The lowest BCUT2D eigenvalue weighted by atomic mass is 9.82. The number of nitrogens with zero attached hydrogens (tertiary/aromatic N) is 2. The third kappa shape index (κ3) is 2.40. The summed E-state index contributed by atoms with van der Waals surface area (Å²) in [6.45, 7) is 0.151. The van der Waals surface area contributed by atoms with E-state index in [0.29, 0.717) is 0 Å². The van der Waals surface area contributed by atoms with Gasteiger partial charge in [-0.1, -0.05) is 43.5 Å². The maximum Gasteiger partial charge on any atom is 0.157 e. The zero-order valence-electron chi connectivity index (χ0n) is 11.0. The maximum absolute atomic E-state index is 9.76. The Kier molecular flexibility index (Phi) is 3.34. The van der Waals surface area contributed by atoms with E-state index in [2.05, 4.69) is 15.5 Å². The number of rotatable bonds is 3. The summed E-state index contributed by atoms with van der Waals surface area (Å²) in [5.74, 6) is 0.786. The van der Waals surface area contributed by atoms with Crippen molar-refractivity contribution in [1.82, 2.24) is 10.2 Å². The zero-order valence-corrected chi connectivity index (χ0v) is 11.0. The molecule has 2 N–H and O–H groups in total. The number of hydrogen-bond donors (Lipinski definition) is 2. The van der Waals surface area contributed by atoms with Crippen LogP contribution in [0.15, 0.2) is 30.5 Å². The number of fused-ring (bicyclic) bond motifs is 1. The van der Waals surface area contributed by atoms with Gasteiger partial charge in [-0.05, 0) is 12.8 Å². The van der Waals surface area contributed by atoms with Crippen LogP contribution in [0.4, 0.5) is 5.82 Å². The summed E-state index contributed by atoms with van der Waals surface area (Å²) in [7, 11) is 0.